The molecule has 0 aromatic carbocycles. The van der Waals surface area contributed by atoms with Crippen molar-refractivity contribution in [2.75, 3.05) is 52.4 Å². The van der Waals surface area contributed by atoms with Gasteiger partial charge in [-0.25, -0.2) is 0 Å². The maximum atomic E-state index is 3.60. The molecular formula is C22H48N4. The molecule has 156 valence electrons. The first-order valence-corrected chi connectivity index (χ1v) is 11.1. The molecule has 0 radical (unpaired) electrons. The summed E-state index contributed by atoms with van der Waals surface area (Å²) in [5, 5.41) is 7.20. The molecule has 2 N–H and O–H groups in total. The molecule has 0 aliphatic heterocycles. The molecule has 4 nitrogen and oxygen atoms in total. The Labute approximate surface area is 164 Å². The molecular weight excluding hydrogens is 320 g/mol. The second kappa shape index (κ2) is 18.0. The van der Waals surface area contributed by atoms with Crippen LogP contribution in [0.3, 0.4) is 0 Å². The van der Waals surface area contributed by atoms with Crippen molar-refractivity contribution in [3.05, 3.63) is 12.2 Å². The Kier molecular flexibility index (Phi) is 17.7. The van der Waals surface area contributed by atoms with Gasteiger partial charge >= 0.3 is 0 Å². The minimum absolute atomic E-state index is 0.599. The van der Waals surface area contributed by atoms with Gasteiger partial charge in [-0.15, -0.1) is 0 Å². The standard InChI is InChI=1S/C22H48N4/c1-7-25(8-2)19-13-15-21(5)23-17-11-12-18-24-22(6)16-14-20-26(9-3)10-4/h11-12,21-24H,7-10,13-20H2,1-6H3/b12-11+. The molecule has 4 heteroatoms. The van der Waals surface area contributed by atoms with Gasteiger partial charge in [0.05, 0.1) is 0 Å². The Bertz CT molecular complexity index is 281. The zero-order valence-corrected chi connectivity index (χ0v) is 18.7. The van der Waals surface area contributed by atoms with E-state index in [0.717, 1.165) is 13.1 Å². The molecule has 2 atom stereocenters. The quantitative estimate of drug-likeness (QED) is 0.361. The van der Waals surface area contributed by atoms with Gasteiger partial charge in [0.25, 0.3) is 0 Å². The molecule has 2 unspecified atom stereocenters. The zero-order valence-electron chi connectivity index (χ0n) is 18.7. The van der Waals surface area contributed by atoms with Crippen LogP contribution in [0, 0.1) is 0 Å². The fraction of sp³-hybridized carbons (Fsp3) is 0.909. The van der Waals surface area contributed by atoms with Gasteiger partial charge in [0.1, 0.15) is 0 Å². The predicted octanol–water partition coefficient (Wildman–Crippen LogP) is 3.74. The lowest BCUT2D eigenvalue weighted by Gasteiger charge is -2.19. The van der Waals surface area contributed by atoms with Crippen molar-refractivity contribution in [2.45, 2.75) is 79.3 Å². The van der Waals surface area contributed by atoms with Crippen LogP contribution in [0.1, 0.15) is 67.2 Å². The highest BCUT2D eigenvalue weighted by Gasteiger charge is 2.04. The van der Waals surface area contributed by atoms with Gasteiger partial charge in [0.15, 0.2) is 0 Å². The van der Waals surface area contributed by atoms with E-state index in [1.165, 1.54) is 65.0 Å². The third-order valence-electron chi connectivity index (χ3n) is 5.35. The first-order valence-electron chi connectivity index (χ1n) is 11.1. The van der Waals surface area contributed by atoms with Gasteiger partial charge in [-0.3, -0.25) is 0 Å². The van der Waals surface area contributed by atoms with Gasteiger partial charge in [-0.05, 0) is 78.8 Å². The highest BCUT2D eigenvalue weighted by Crippen LogP contribution is 2.00. The van der Waals surface area contributed by atoms with E-state index in [1.807, 2.05) is 0 Å². The third-order valence-corrected chi connectivity index (χ3v) is 5.35. The summed E-state index contributed by atoms with van der Waals surface area (Å²) in [6.07, 6.45) is 9.60. The van der Waals surface area contributed by atoms with Gasteiger partial charge in [-0.1, -0.05) is 39.8 Å². The van der Waals surface area contributed by atoms with E-state index >= 15 is 0 Å². The van der Waals surface area contributed by atoms with Crippen LogP contribution in [0.25, 0.3) is 0 Å². The predicted molar refractivity (Wildman–Crippen MR) is 118 cm³/mol. The summed E-state index contributed by atoms with van der Waals surface area (Å²) < 4.78 is 0. The summed E-state index contributed by atoms with van der Waals surface area (Å²) in [5.41, 5.74) is 0. The largest absolute Gasteiger partial charge is 0.311 e. The summed E-state index contributed by atoms with van der Waals surface area (Å²) in [6.45, 7) is 22.7. The molecule has 0 aliphatic rings. The van der Waals surface area contributed by atoms with E-state index in [4.69, 9.17) is 0 Å². The Balaban J connectivity index is 3.59. The van der Waals surface area contributed by atoms with Crippen LogP contribution in [-0.4, -0.2) is 74.2 Å². The fourth-order valence-corrected chi connectivity index (χ4v) is 3.23. The Morgan fingerprint density at radius 2 is 1.00 bits per heavy atom. The van der Waals surface area contributed by atoms with Gasteiger partial charge in [-0.2, -0.15) is 0 Å². The van der Waals surface area contributed by atoms with Gasteiger partial charge in [0, 0.05) is 25.2 Å². The summed E-state index contributed by atoms with van der Waals surface area (Å²) in [6, 6.07) is 1.20. The lowest BCUT2D eigenvalue weighted by Crippen LogP contribution is -2.30. The van der Waals surface area contributed by atoms with Crippen LogP contribution >= 0.6 is 0 Å². The summed E-state index contributed by atoms with van der Waals surface area (Å²) in [7, 11) is 0. The van der Waals surface area contributed by atoms with Crippen LogP contribution in [0.5, 0.6) is 0 Å². The Morgan fingerprint density at radius 3 is 1.31 bits per heavy atom. The van der Waals surface area contributed by atoms with Crippen molar-refractivity contribution < 1.29 is 0 Å². The van der Waals surface area contributed by atoms with Crippen molar-refractivity contribution in [1.29, 1.82) is 0 Å². The maximum Gasteiger partial charge on any atom is 0.0137 e. The molecule has 0 heterocycles. The monoisotopic (exact) mass is 368 g/mol. The minimum Gasteiger partial charge on any atom is -0.311 e. The maximum absolute atomic E-state index is 3.60. The lowest BCUT2D eigenvalue weighted by atomic mass is 10.1. The Hall–Kier alpha value is -0.420. The van der Waals surface area contributed by atoms with Crippen molar-refractivity contribution in [3.63, 3.8) is 0 Å². The number of rotatable bonds is 18. The molecule has 26 heavy (non-hydrogen) atoms. The van der Waals surface area contributed by atoms with Crippen LogP contribution < -0.4 is 10.6 Å². The van der Waals surface area contributed by atoms with Crippen molar-refractivity contribution in [2.24, 2.45) is 0 Å². The normalized spacial score (nSPS) is 14.6. The highest BCUT2D eigenvalue weighted by atomic mass is 15.1. The second-order valence-corrected chi connectivity index (χ2v) is 7.43. The molecule has 0 spiro atoms. The molecule has 0 aromatic rings. The van der Waals surface area contributed by atoms with E-state index in [0.29, 0.717) is 12.1 Å². The van der Waals surface area contributed by atoms with Crippen molar-refractivity contribution in [3.8, 4) is 0 Å². The van der Waals surface area contributed by atoms with Crippen molar-refractivity contribution >= 4 is 0 Å². The van der Waals surface area contributed by atoms with E-state index in [2.05, 4.69) is 74.1 Å². The summed E-state index contributed by atoms with van der Waals surface area (Å²) >= 11 is 0. The molecule has 0 aromatic heterocycles. The number of nitrogens with zero attached hydrogens (tertiary/aromatic N) is 2. The molecule has 0 saturated heterocycles. The lowest BCUT2D eigenvalue weighted by molar-refractivity contribution is 0.291. The SMILES string of the molecule is CCN(CC)CCCC(C)NC/C=C/CNC(C)CCCN(CC)CC. The van der Waals surface area contributed by atoms with Gasteiger partial charge in [0.2, 0.25) is 0 Å². The first kappa shape index (κ1) is 25.6. The van der Waals surface area contributed by atoms with Crippen LogP contribution in [0.2, 0.25) is 0 Å². The highest BCUT2D eigenvalue weighted by molar-refractivity contribution is 4.87. The minimum atomic E-state index is 0.599. The smallest absolute Gasteiger partial charge is 0.0137 e. The van der Waals surface area contributed by atoms with E-state index < -0.39 is 0 Å². The Morgan fingerprint density at radius 1 is 0.654 bits per heavy atom. The third kappa shape index (κ3) is 14.7. The molecule has 0 bridgehead atoms. The molecule has 0 saturated carbocycles. The average Bonchev–Trinajstić information content (AvgIpc) is 2.65. The zero-order chi connectivity index (χ0) is 19.6. The van der Waals surface area contributed by atoms with Gasteiger partial charge < -0.3 is 20.4 Å². The van der Waals surface area contributed by atoms with Crippen LogP contribution in [0.15, 0.2) is 12.2 Å². The molecule has 0 aliphatic carbocycles. The second-order valence-electron chi connectivity index (χ2n) is 7.43. The van der Waals surface area contributed by atoms with E-state index in [1.54, 1.807) is 0 Å². The average molecular weight is 369 g/mol. The van der Waals surface area contributed by atoms with E-state index in [9.17, 15) is 0 Å². The van der Waals surface area contributed by atoms with Crippen LogP contribution in [0.4, 0.5) is 0 Å². The molecule has 0 amide bonds. The molecule has 0 rings (SSSR count). The summed E-state index contributed by atoms with van der Waals surface area (Å²) in [4.78, 5) is 5.00. The number of nitrogens with one attached hydrogen (secondary N) is 2. The van der Waals surface area contributed by atoms with Crippen molar-refractivity contribution in [1.82, 2.24) is 20.4 Å². The van der Waals surface area contributed by atoms with Crippen LogP contribution in [-0.2, 0) is 0 Å². The number of hydrogen-bond donors (Lipinski definition) is 2. The molecule has 0 fully saturated rings. The summed E-state index contributed by atoms with van der Waals surface area (Å²) in [5.74, 6) is 0. The van der Waals surface area contributed by atoms with E-state index in [-0.39, 0.29) is 0 Å². The fourth-order valence-electron chi connectivity index (χ4n) is 3.23. The first-order chi connectivity index (χ1) is 12.6. The topological polar surface area (TPSA) is 30.5 Å². The number of hydrogen-bond acceptors (Lipinski definition) is 4.